The summed E-state index contributed by atoms with van der Waals surface area (Å²) in [6, 6.07) is 9.49. The van der Waals surface area contributed by atoms with Crippen molar-refractivity contribution in [2.45, 2.75) is 6.43 Å². The minimum Gasteiger partial charge on any atom is -0.508 e. The van der Waals surface area contributed by atoms with Crippen molar-refractivity contribution in [3.05, 3.63) is 60.0 Å². The van der Waals surface area contributed by atoms with E-state index >= 15 is 0 Å². The quantitative estimate of drug-likeness (QED) is 0.686. The first kappa shape index (κ1) is 14.2. The first-order chi connectivity index (χ1) is 10.5. The third-order valence-electron chi connectivity index (χ3n) is 3.24. The Kier molecular flexibility index (Phi) is 3.58. The molecule has 0 atom stereocenters. The van der Waals surface area contributed by atoms with Crippen LogP contribution < -0.4 is 5.32 Å². The van der Waals surface area contributed by atoms with Crippen LogP contribution >= 0.6 is 0 Å². The van der Waals surface area contributed by atoms with Gasteiger partial charge in [0.2, 0.25) is 0 Å². The summed E-state index contributed by atoms with van der Waals surface area (Å²) >= 11 is 0. The second kappa shape index (κ2) is 5.55. The van der Waals surface area contributed by atoms with Gasteiger partial charge in [-0.1, -0.05) is 12.1 Å². The Labute approximate surface area is 124 Å². The van der Waals surface area contributed by atoms with Gasteiger partial charge in [0, 0.05) is 28.9 Å². The van der Waals surface area contributed by atoms with Gasteiger partial charge in [0.05, 0.1) is 11.2 Å². The number of fused-ring (bicyclic) bond motifs is 1. The lowest BCUT2D eigenvalue weighted by Crippen LogP contribution is -1.96. The van der Waals surface area contributed by atoms with Crippen LogP contribution in [0.15, 0.2) is 48.7 Å². The van der Waals surface area contributed by atoms with E-state index in [1.807, 2.05) is 0 Å². The zero-order valence-electron chi connectivity index (χ0n) is 11.2. The van der Waals surface area contributed by atoms with E-state index in [9.17, 15) is 18.3 Å². The molecule has 0 spiro atoms. The van der Waals surface area contributed by atoms with Gasteiger partial charge in [0.1, 0.15) is 11.6 Å². The minimum atomic E-state index is -2.57. The normalized spacial score (nSPS) is 11.1. The van der Waals surface area contributed by atoms with E-state index in [4.69, 9.17) is 0 Å². The topological polar surface area (TPSA) is 45.1 Å². The zero-order valence-corrected chi connectivity index (χ0v) is 11.2. The maximum atomic E-state index is 13.8. The maximum absolute atomic E-state index is 13.8. The van der Waals surface area contributed by atoms with Crippen LogP contribution in [-0.4, -0.2) is 10.1 Å². The van der Waals surface area contributed by atoms with E-state index in [0.717, 1.165) is 6.07 Å². The number of alkyl halides is 2. The fraction of sp³-hybridized carbons (Fsp3) is 0.0625. The number of phenolic OH excluding ortho intramolecular Hbond substituents is 1. The number of phenols is 1. The molecule has 0 saturated heterocycles. The van der Waals surface area contributed by atoms with E-state index in [0.29, 0.717) is 16.6 Å². The van der Waals surface area contributed by atoms with Crippen LogP contribution in [0.3, 0.4) is 0 Å². The number of benzene rings is 2. The standard InChI is InChI=1S/C16H11F3N2O/c17-12-8-10(22)2-4-14(12)21-13-5-6-20-15-7-9(16(18)19)1-3-11(13)15/h1-8,16,22H,(H,20,21). The summed E-state index contributed by atoms with van der Waals surface area (Å²) in [5.41, 5.74) is 0.980. The Morgan fingerprint density at radius 3 is 2.55 bits per heavy atom. The molecule has 22 heavy (non-hydrogen) atoms. The van der Waals surface area contributed by atoms with Gasteiger partial charge in [-0.15, -0.1) is 0 Å². The van der Waals surface area contributed by atoms with Crippen molar-refractivity contribution in [3.63, 3.8) is 0 Å². The molecule has 3 nitrogen and oxygen atoms in total. The number of hydrogen-bond donors (Lipinski definition) is 2. The molecule has 2 N–H and O–H groups in total. The monoisotopic (exact) mass is 304 g/mol. The fourth-order valence-electron chi connectivity index (χ4n) is 2.16. The minimum absolute atomic E-state index is 0.118. The number of rotatable bonds is 3. The van der Waals surface area contributed by atoms with Gasteiger partial charge >= 0.3 is 0 Å². The highest BCUT2D eigenvalue weighted by atomic mass is 19.3. The van der Waals surface area contributed by atoms with Gasteiger partial charge < -0.3 is 10.4 Å². The van der Waals surface area contributed by atoms with E-state index < -0.39 is 12.2 Å². The van der Waals surface area contributed by atoms with Crippen molar-refractivity contribution in [2.24, 2.45) is 0 Å². The molecule has 0 aliphatic heterocycles. The molecular weight excluding hydrogens is 293 g/mol. The predicted molar refractivity (Wildman–Crippen MR) is 78.0 cm³/mol. The molecule has 1 aromatic heterocycles. The summed E-state index contributed by atoms with van der Waals surface area (Å²) in [4.78, 5) is 4.06. The second-order valence-electron chi connectivity index (χ2n) is 4.72. The van der Waals surface area contributed by atoms with Gasteiger partial charge in [-0.05, 0) is 24.3 Å². The third-order valence-corrected chi connectivity index (χ3v) is 3.24. The Morgan fingerprint density at radius 1 is 1.00 bits per heavy atom. The van der Waals surface area contributed by atoms with Crippen molar-refractivity contribution < 1.29 is 18.3 Å². The molecule has 0 fully saturated rings. The summed E-state index contributed by atoms with van der Waals surface area (Å²) < 4.78 is 39.2. The van der Waals surface area contributed by atoms with Crippen molar-refractivity contribution in [1.29, 1.82) is 0 Å². The number of pyridine rings is 1. The number of halogens is 3. The number of aromatic hydroxyl groups is 1. The van der Waals surface area contributed by atoms with Crippen LogP contribution in [0, 0.1) is 5.82 Å². The van der Waals surface area contributed by atoms with Crippen LogP contribution in [0.1, 0.15) is 12.0 Å². The summed E-state index contributed by atoms with van der Waals surface area (Å²) in [5, 5.41) is 12.7. The first-order valence-electron chi connectivity index (χ1n) is 6.47. The average Bonchev–Trinajstić information content (AvgIpc) is 2.49. The Morgan fingerprint density at radius 2 is 1.82 bits per heavy atom. The van der Waals surface area contributed by atoms with E-state index in [1.54, 1.807) is 6.07 Å². The molecule has 0 aliphatic carbocycles. The number of anilines is 2. The lowest BCUT2D eigenvalue weighted by Gasteiger charge is -2.11. The summed E-state index contributed by atoms with van der Waals surface area (Å²) in [6.07, 6.45) is -1.12. The van der Waals surface area contributed by atoms with Crippen LogP contribution in [0.5, 0.6) is 5.75 Å². The molecule has 0 radical (unpaired) electrons. The smallest absolute Gasteiger partial charge is 0.263 e. The molecule has 2 aromatic carbocycles. The third kappa shape index (κ3) is 2.67. The number of nitrogens with one attached hydrogen (secondary N) is 1. The zero-order chi connectivity index (χ0) is 15.7. The molecule has 3 rings (SSSR count). The lowest BCUT2D eigenvalue weighted by atomic mass is 10.1. The predicted octanol–water partition coefficient (Wildman–Crippen LogP) is 4.76. The highest BCUT2D eigenvalue weighted by Crippen LogP contribution is 2.30. The van der Waals surface area contributed by atoms with Crippen LogP contribution in [-0.2, 0) is 0 Å². The van der Waals surface area contributed by atoms with Crippen LogP contribution in [0.25, 0.3) is 10.9 Å². The van der Waals surface area contributed by atoms with Crippen molar-refractivity contribution in [3.8, 4) is 5.75 Å². The number of aromatic nitrogens is 1. The molecule has 0 bridgehead atoms. The average molecular weight is 304 g/mol. The molecule has 6 heteroatoms. The fourth-order valence-corrected chi connectivity index (χ4v) is 2.16. The molecule has 1 heterocycles. The number of hydrogen-bond acceptors (Lipinski definition) is 3. The van der Waals surface area contributed by atoms with Gasteiger partial charge in [-0.2, -0.15) is 0 Å². The highest BCUT2D eigenvalue weighted by Gasteiger charge is 2.11. The van der Waals surface area contributed by atoms with Crippen molar-refractivity contribution in [1.82, 2.24) is 4.98 Å². The molecule has 0 amide bonds. The van der Waals surface area contributed by atoms with Crippen molar-refractivity contribution in [2.75, 3.05) is 5.32 Å². The van der Waals surface area contributed by atoms with Gasteiger partial charge in [-0.25, -0.2) is 13.2 Å². The molecule has 3 aromatic rings. The molecule has 0 unspecified atom stereocenters. The van der Waals surface area contributed by atoms with Gasteiger partial charge in [0.25, 0.3) is 6.43 Å². The van der Waals surface area contributed by atoms with Crippen LogP contribution in [0.4, 0.5) is 24.5 Å². The molecule has 0 aliphatic rings. The van der Waals surface area contributed by atoms with Gasteiger partial charge in [-0.3, -0.25) is 4.98 Å². The number of nitrogens with zero attached hydrogens (tertiary/aromatic N) is 1. The van der Waals surface area contributed by atoms with Gasteiger partial charge in [0.15, 0.2) is 0 Å². The Balaban J connectivity index is 2.03. The van der Waals surface area contributed by atoms with E-state index in [1.165, 1.54) is 36.5 Å². The first-order valence-corrected chi connectivity index (χ1v) is 6.47. The Bertz CT molecular complexity index is 837. The highest BCUT2D eigenvalue weighted by molar-refractivity contribution is 5.93. The Hall–Kier alpha value is -2.76. The summed E-state index contributed by atoms with van der Waals surface area (Å²) in [7, 11) is 0. The van der Waals surface area contributed by atoms with Crippen molar-refractivity contribution >= 4 is 22.3 Å². The van der Waals surface area contributed by atoms with E-state index in [2.05, 4.69) is 10.3 Å². The lowest BCUT2D eigenvalue weighted by molar-refractivity contribution is 0.151. The summed E-state index contributed by atoms with van der Waals surface area (Å²) in [5.74, 6) is -0.793. The maximum Gasteiger partial charge on any atom is 0.263 e. The summed E-state index contributed by atoms with van der Waals surface area (Å²) in [6.45, 7) is 0. The van der Waals surface area contributed by atoms with Crippen LogP contribution in [0.2, 0.25) is 0 Å². The second-order valence-corrected chi connectivity index (χ2v) is 4.72. The largest absolute Gasteiger partial charge is 0.508 e. The molecular formula is C16H11F3N2O. The molecule has 112 valence electrons. The SMILES string of the molecule is Oc1ccc(Nc2ccnc3cc(C(F)F)ccc23)c(F)c1. The van der Waals surface area contributed by atoms with E-state index in [-0.39, 0.29) is 17.0 Å². The molecule has 0 saturated carbocycles.